The molecule has 1 aromatic rings. The van der Waals surface area contributed by atoms with Crippen molar-refractivity contribution < 1.29 is 8.78 Å². The monoisotopic (exact) mass is 268 g/mol. The van der Waals surface area contributed by atoms with Gasteiger partial charge in [-0.3, -0.25) is 4.99 Å². The zero-order valence-corrected chi connectivity index (χ0v) is 12.2. The maximum absolute atomic E-state index is 12.6. The van der Waals surface area contributed by atoms with Crippen LogP contribution in [-0.2, 0) is 0 Å². The largest absolute Gasteiger partial charge is 0.308 e. The molecule has 0 unspecified atom stereocenters. The Hall–Kier alpha value is -1.84. The van der Waals surface area contributed by atoms with Gasteiger partial charge in [-0.1, -0.05) is 13.8 Å². The van der Waals surface area contributed by atoms with Gasteiger partial charge in [0.1, 0.15) is 11.6 Å². The van der Waals surface area contributed by atoms with Gasteiger partial charge in [-0.05, 0) is 50.8 Å². The minimum atomic E-state index is -0.475. The fourth-order valence-electron chi connectivity index (χ4n) is 0.953. The van der Waals surface area contributed by atoms with Gasteiger partial charge < -0.3 is 5.41 Å². The van der Waals surface area contributed by atoms with E-state index < -0.39 is 11.6 Å². The number of nitrogens with zero attached hydrogens (tertiary/aromatic N) is 1. The Balaban J connectivity index is 0. The van der Waals surface area contributed by atoms with E-state index in [0.29, 0.717) is 5.56 Å². The lowest BCUT2D eigenvalue weighted by Gasteiger charge is -1.98. The first-order chi connectivity index (χ1) is 8.92. The quantitative estimate of drug-likeness (QED) is 0.744. The number of hydrogen-bond donors (Lipinski definition) is 1. The van der Waals surface area contributed by atoms with E-state index in [2.05, 4.69) is 11.7 Å². The van der Waals surface area contributed by atoms with Crippen molar-refractivity contribution in [1.82, 2.24) is 0 Å². The van der Waals surface area contributed by atoms with Crippen LogP contribution < -0.4 is 0 Å². The Morgan fingerprint density at radius 3 is 1.89 bits per heavy atom. The number of benzene rings is 1. The van der Waals surface area contributed by atoms with Crippen molar-refractivity contribution in [3.63, 3.8) is 0 Å². The first-order valence-corrected chi connectivity index (χ1v) is 5.97. The molecule has 0 aliphatic carbocycles. The van der Waals surface area contributed by atoms with Crippen molar-refractivity contribution in [2.75, 3.05) is 0 Å². The molecule has 1 rings (SSSR count). The molecule has 0 amide bonds. The highest BCUT2D eigenvalue weighted by Gasteiger charge is 2.02. The Morgan fingerprint density at radius 1 is 1.21 bits per heavy atom. The van der Waals surface area contributed by atoms with Crippen LogP contribution in [0.5, 0.6) is 0 Å². The lowest BCUT2D eigenvalue weighted by molar-refractivity contribution is 0.566. The van der Waals surface area contributed by atoms with Crippen molar-refractivity contribution >= 4 is 12.9 Å². The lowest BCUT2D eigenvalue weighted by atomic mass is 10.1. The van der Waals surface area contributed by atoms with E-state index in [-0.39, 0.29) is 5.56 Å². The topological polar surface area (TPSA) is 36.2 Å². The summed E-state index contributed by atoms with van der Waals surface area (Å²) in [5.74, 6) is -0.949. The van der Waals surface area contributed by atoms with Crippen LogP contribution in [-0.4, -0.2) is 12.9 Å². The van der Waals surface area contributed by atoms with Crippen molar-refractivity contribution in [2.24, 2.45) is 4.99 Å². The third-order valence-corrected chi connectivity index (χ3v) is 1.95. The van der Waals surface area contributed by atoms with E-state index in [1.807, 2.05) is 13.8 Å². The Morgan fingerprint density at radius 2 is 1.63 bits per heavy atom. The molecule has 0 bridgehead atoms. The average molecular weight is 268 g/mol. The molecule has 0 saturated heterocycles. The fraction of sp³-hybridized carbons (Fsp3) is 0.333. The van der Waals surface area contributed by atoms with Crippen LogP contribution in [0.3, 0.4) is 0 Å². The van der Waals surface area contributed by atoms with Gasteiger partial charge in [0.25, 0.3) is 0 Å². The Labute approximate surface area is 114 Å². The SMILES string of the molecule is C=N/C=C(/C)C=N.CC.Cc1cc(F)c(C)c(F)c1. The van der Waals surface area contributed by atoms with Crippen molar-refractivity contribution in [3.05, 3.63) is 46.7 Å². The summed E-state index contributed by atoms with van der Waals surface area (Å²) < 4.78 is 25.2. The normalized spacial score (nSPS) is 9.53. The summed E-state index contributed by atoms with van der Waals surface area (Å²) in [4.78, 5) is 3.44. The Bertz CT molecular complexity index is 415. The summed E-state index contributed by atoms with van der Waals surface area (Å²) in [5.41, 5.74) is 1.52. The number of halogens is 2. The van der Waals surface area contributed by atoms with Crippen LogP contribution in [0, 0.1) is 30.9 Å². The molecule has 106 valence electrons. The lowest BCUT2D eigenvalue weighted by Crippen LogP contribution is -1.88. The minimum absolute atomic E-state index is 0.0885. The summed E-state index contributed by atoms with van der Waals surface area (Å²) in [7, 11) is 0. The second-order valence-corrected chi connectivity index (χ2v) is 3.55. The van der Waals surface area contributed by atoms with Crippen LogP contribution >= 0.6 is 0 Å². The van der Waals surface area contributed by atoms with Gasteiger partial charge in [-0.2, -0.15) is 0 Å². The van der Waals surface area contributed by atoms with E-state index in [0.717, 1.165) is 5.57 Å². The maximum Gasteiger partial charge on any atom is 0.129 e. The number of allylic oxidation sites excluding steroid dienone is 1. The molecule has 19 heavy (non-hydrogen) atoms. The molecule has 1 aromatic carbocycles. The molecule has 0 heterocycles. The number of aryl methyl sites for hydroxylation is 1. The van der Waals surface area contributed by atoms with E-state index >= 15 is 0 Å². The molecular weight excluding hydrogens is 246 g/mol. The average Bonchev–Trinajstić information content (AvgIpc) is 2.39. The molecule has 2 nitrogen and oxygen atoms in total. The third kappa shape index (κ3) is 8.83. The van der Waals surface area contributed by atoms with Gasteiger partial charge in [0.2, 0.25) is 0 Å². The zero-order chi connectivity index (χ0) is 15.4. The van der Waals surface area contributed by atoms with E-state index in [1.54, 1.807) is 13.8 Å². The summed E-state index contributed by atoms with van der Waals surface area (Å²) in [6, 6.07) is 2.64. The molecule has 1 N–H and O–H groups in total. The van der Waals surface area contributed by atoms with Crippen LogP contribution in [0.4, 0.5) is 8.78 Å². The summed E-state index contributed by atoms with van der Waals surface area (Å²) in [6.45, 7) is 12.1. The molecule has 0 aromatic heterocycles. The van der Waals surface area contributed by atoms with Crippen LogP contribution in [0.2, 0.25) is 0 Å². The van der Waals surface area contributed by atoms with Gasteiger partial charge >= 0.3 is 0 Å². The standard InChI is InChI=1S/C8H8F2.C5H8N2.C2H6/c1-5-3-7(9)6(2)8(10)4-5;1-5(3-6)4-7-2;1-2/h3-4H,1-2H3;3-4,6H,2H2,1H3;1-2H3/b;5-4-,6-3?;. The molecule has 0 spiro atoms. The highest BCUT2D eigenvalue weighted by molar-refractivity contribution is 5.74. The number of rotatable bonds is 2. The predicted octanol–water partition coefficient (Wildman–Crippen LogP) is 4.85. The molecule has 0 saturated carbocycles. The van der Waals surface area contributed by atoms with Crippen molar-refractivity contribution in [3.8, 4) is 0 Å². The fourth-order valence-corrected chi connectivity index (χ4v) is 0.953. The van der Waals surface area contributed by atoms with Gasteiger partial charge in [-0.25, -0.2) is 8.78 Å². The molecule has 0 aliphatic heterocycles. The van der Waals surface area contributed by atoms with Gasteiger partial charge in [0.05, 0.1) is 0 Å². The van der Waals surface area contributed by atoms with Crippen LogP contribution in [0.25, 0.3) is 0 Å². The van der Waals surface area contributed by atoms with Crippen molar-refractivity contribution in [1.29, 1.82) is 5.41 Å². The van der Waals surface area contributed by atoms with Crippen molar-refractivity contribution in [2.45, 2.75) is 34.6 Å². The highest BCUT2D eigenvalue weighted by Crippen LogP contribution is 2.12. The van der Waals surface area contributed by atoms with Gasteiger partial charge in [0.15, 0.2) is 0 Å². The number of nitrogens with one attached hydrogen (secondary N) is 1. The first-order valence-electron chi connectivity index (χ1n) is 5.97. The Kier molecular flexibility index (Phi) is 11.6. The smallest absolute Gasteiger partial charge is 0.129 e. The predicted molar refractivity (Wildman–Crippen MR) is 79.3 cm³/mol. The van der Waals surface area contributed by atoms with Crippen LogP contribution in [0.1, 0.15) is 31.9 Å². The summed E-state index contributed by atoms with van der Waals surface area (Å²) in [5, 5.41) is 6.63. The summed E-state index contributed by atoms with van der Waals surface area (Å²) in [6.07, 6.45) is 2.77. The second kappa shape index (κ2) is 11.3. The van der Waals surface area contributed by atoms with E-state index in [1.165, 1.54) is 31.5 Å². The van der Waals surface area contributed by atoms with Gasteiger partial charge in [0, 0.05) is 18.0 Å². The number of aliphatic imine (C=N–C) groups is 1. The summed E-state index contributed by atoms with van der Waals surface area (Å²) >= 11 is 0. The second-order valence-electron chi connectivity index (χ2n) is 3.55. The van der Waals surface area contributed by atoms with E-state index in [4.69, 9.17) is 5.41 Å². The molecule has 4 heteroatoms. The minimum Gasteiger partial charge on any atom is -0.308 e. The highest BCUT2D eigenvalue weighted by atomic mass is 19.1. The zero-order valence-electron chi connectivity index (χ0n) is 12.2. The first kappa shape index (κ1) is 19.5. The van der Waals surface area contributed by atoms with Crippen LogP contribution in [0.15, 0.2) is 28.9 Å². The third-order valence-electron chi connectivity index (χ3n) is 1.95. The molecule has 0 aliphatic rings. The molecule has 0 fully saturated rings. The number of hydrogen-bond acceptors (Lipinski definition) is 2. The molecule has 0 radical (unpaired) electrons. The molecule has 0 atom stereocenters. The van der Waals surface area contributed by atoms with E-state index in [9.17, 15) is 8.78 Å². The maximum atomic E-state index is 12.6. The van der Waals surface area contributed by atoms with Gasteiger partial charge in [-0.15, -0.1) is 0 Å². The molecular formula is C15H22F2N2.